The first kappa shape index (κ1) is 14.6. The van der Waals surface area contributed by atoms with Crippen molar-refractivity contribution in [2.75, 3.05) is 19.8 Å². The van der Waals surface area contributed by atoms with Crippen molar-refractivity contribution < 1.29 is 15.3 Å². The van der Waals surface area contributed by atoms with Gasteiger partial charge >= 0.3 is 0 Å². The van der Waals surface area contributed by atoms with Crippen molar-refractivity contribution in [3.05, 3.63) is 12.2 Å². The highest BCUT2D eigenvalue weighted by Crippen LogP contribution is 2.22. The van der Waals surface area contributed by atoms with Crippen LogP contribution >= 0.6 is 0 Å². The monoisotopic (exact) mass is 216 g/mol. The van der Waals surface area contributed by atoms with Gasteiger partial charge in [0, 0.05) is 5.41 Å². The van der Waals surface area contributed by atoms with Crippen LogP contribution in [0.1, 0.15) is 33.1 Å². The summed E-state index contributed by atoms with van der Waals surface area (Å²) >= 11 is 0. The lowest BCUT2D eigenvalue weighted by atomic mass is 9.86. The van der Waals surface area contributed by atoms with Crippen LogP contribution in [0.25, 0.3) is 0 Å². The lowest BCUT2D eigenvalue weighted by molar-refractivity contribution is 0.000184. The summed E-state index contributed by atoms with van der Waals surface area (Å²) in [6, 6.07) is 0. The van der Waals surface area contributed by atoms with Gasteiger partial charge in [-0.05, 0) is 25.2 Å². The van der Waals surface area contributed by atoms with Gasteiger partial charge in [-0.15, -0.1) is 0 Å². The average molecular weight is 216 g/mol. The van der Waals surface area contributed by atoms with Crippen molar-refractivity contribution in [1.82, 2.24) is 0 Å². The predicted molar refractivity (Wildman–Crippen MR) is 61.5 cm³/mol. The van der Waals surface area contributed by atoms with Crippen LogP contribution < -0.4 is 0 Å². The Morgan fingerprint density at radius 3 is 1.93 bits per heavy atom. The molecule has 0 fully saturated rings. The molecule has 0 aromatic heterocycles. The molecule has 3 heteroatoms. The Labute approximate surface area is 92.4 Å². The molecular formula is C12H24O3. The van der Waals surface area contributed by atoms with Crippen molar-refractivity contribution >= 4 is 0 Å². The molecule has 0 aliphatic heterocycles. The first-order chi connectivity index (χ1) is 7.10. The molecule has 0 aliphatic carbocycles. The molecule has 0 atom stereocenters. The van der Waals surface area contributed by atoms with Crippen LogP contribution in [-0.4, -0.2) is 35.1 Å². The number of aliphatic hydroxyl groups is 3. The molecule has 0 radical (unpaired) electrons. The largest absolute Gasteiger partial charge is 0.396 e. The van der Waals surface area contributed by atoms with Gasteiger partial charge in [0.05, 0.1) is 19.8 Å². The second-order valence-electron chi connectivity index (χ2n) is 4.61. The summed E-state index contributed by atoms with van der Waals surface area (Å²) in [4.78, 5) is 0. The van der Waals surface area contributed by atoms with E-state index in [4.69, 9.17) is 15.3 Å². The molecule has 0 saturated heterocycles. The van der Waals surface area contributed by atoms with Crippen molar-refractivity contribution in [3.63, 3.8) is 0 Å². The normalized spacial score (nSPS) is 12.9. The van der Waals surface area contributed by atoms with E-state index in [-0.39, 0.29) is 19.8 Å². The van der Waals surface area contributed by atoms with Gasteiger partial charge in [0.25, 0.3) is 0 Å². The zero-order valence-corrected chi connectivity index (χ0v) is 9.82. The smallest absolute Gasteiger partial charge is 0.0531 e. The van der Waals surface area contributed by atoms with Crippen LogP contribution in [0.2, 0.25) is 0 Å². The average Bonchev–Trinajstić information content (AvgIpc) is 2.24. The lowest BCUT2D eigenvalue weighted by Gasteiger charge is -2.26. The summed E-state index contributed by atoms with van der Waals surface area (Å²) in [6.07, 6.45) is 6.61. The lowest BCUT2D eigenvalue weighted by Crippen LogP contribution is -2.33. The Morgan fingerprint density at radius 2 is 1.53 bits per heavy atom. The number of hydrogen-bond donors (Lipinski definition) is 3. The van der Waals surface area contributed by atoms with Gasteiger partial charge in [-0.3, -0.25) is 0 Å². The summed E-state index contributed by atoms with van der Waals surface area (Å²) in [5.74, 6) is 0.652. The SMILES string of the molecule is CC(C)C/C=C/CCC(CO)(CO)CO. The molecule has 15 heavy (non-hydrogen) atoms. The molecule has 0 unspecified atom stereocenters. The number of aliphatic hydroxyl groups excluding tert-OH is 3. The minimum atomic E-state index is -0.720. The molecule has 0 aromatic rings. The van der Waals surface area contributed by atoms with Gasteiger partial charge in [-0.25, -0.2) is 0 Å². The molecule has 0 amide bonds. The second-order valence-corrected chi connectivity index (χ2v) is 4.61. The van der Waals surface area contributed by atoms with E-state index in [1.165, 1.54) is 0 Å². The molecular weight excluding hydrogens is 192 g/mol. The summed E-state index contributed by atoms with van der Waals surface area (Å²) < 4.78 is 0. The van der Waals surface area contributed by atoms with E-state index in [1.807, 2.05) is 0 Å². The van der Waals surface area contributed by atoms with Crippen LogP contribution in [0, 0.1) is 11.3 Å². The van der Waals surface area contributed by atoms with E-state index in [0.717, 1.165) is 12.8 Å². The van der Waals surface area contributed by atoms with Crippen LogP contribution in [0.15, 0.2) is 12.2 Å². The van der Waals surface area contributed by atoms with Gasteiger partial charge in [0.2, 0.25) is 0 Å². The highest BCUT2D eigenvalue weighted by Gasteiger charge is 2.26. The van der Waals surface area contributed by atoms with E-state index in [1.54, 1.807) is 0 Å². The molecule has 0 saturated carbocycles. The molecule has 3 nitrogen and oxygen atoms in total. The van der Waals surface area contributed by atoms with Gasteiger partial charge in [-0.2, -0.15) is 0 Å². The fraction of sp³-hybridized carbons (Fsp3) is 0.833. The van der Waals surface area contributed by atoms with Crippen molar-refractivity contribution in [3.8, 4) is 0 Å². The van der Waals surface area contributed by atoms with Gasteiger partial charge in [0.15, 0.2) is 0 Å². The number of rotatable bonds is 8. The molecule has 0 spiro atoms. The highest BCUT2D eigenvalue weighted by molar-refractivity contribution is 4.86. The summed E-state index contributed by atoms with van der Waals surface area (Å²) in [7, 11) is 0. The van der Waals surface area contributed by atoms with Crippen LogP contribution in [0.5, 0.6) is 0 Å². The Hall–Kier alpha value is -0.380. The maximum absolute atomic E-state index is 9.08. The third-order valence-corrected chi connectivity index (χ3v) is 2.62. The summed E-state index contributed by atoms with van der Waals surface area (Å²) in [5.41, 5.74) is -0.720. The van der Waals surface area contributed by atoms with E-state index in [0.29, 0.717) is 12.3 Å². The zero-order valence-electron chi connectivity index (χ0n) is 9.82. The van der Waals surface area contributed by atoms with E-state index < -0.39 is 5.41 Å². The Kier molecular flexibility index (Phi) is 7.65. The number of hydrogen-bond acceptors (Lipinski definition) is 3. The maximum Gasteiger partial charge on any atom is 0.0531 e. The fourth-order valence-corrected chi connectivity index (χ4v) is 1.26. The minimum absolute atomic E-state index is 0.169. The minimum Gasteiger partial charge on any atom is -0.396 e. The Bertz CT molecular complexity index is 163. The summed E-state index contributed by atoms with van der Waals surface area (Å²) in [5, 5.41) is 27.2. The van der Waals surface area contributed by atoms with E-state index in [2.05, 4.69) is 26.0 Å². The quantitative estimate of drug-likeness (QED) is 0.536. The standard InChI is InChI=1S/C12H24O3/c1-11(2)6-4-3-5-7-12(8-13,9-14)10-15/h3-4,11,13-15H,5-10H2,1-2H3/b4-3+. The third kappa shape index (κ3) is 5.92. The Morgan fingerprint density at radius 1 is 1.00 bits per heavy atom. The predicted octanol–water partition coefficient (Wildman–Crippen LogP) is 1.33. The maximum atomic E-state index is 9.08. The molecule has 0 rings (SSSR count). The first-order valence-corrected chi connectivity index (χ1v) is 5.58. The second kappa shape index (κ2) is 7.85. The van der Waals surface area contributed by atoms with Crippen LogP contribution in [0.3, 0.4) is 0 Å². The van der Waals surface area contributed by atoms with E-state index in [9.17, 15) is 0 Å². The molecule has 90 valence electrons. The summed E-state index contributed by atoms with van der Waals surface area (Å²) in [6.45, 7) is 3.81. The van der Waals surface area contributed by atoms with Crippen molar-refractivity contribution in [1.29, 1.82) is 0 Å². The van der Waals surface area contributed by atoms with Gasteiger partial charge < -0.3 is 15.3 Å². The van der Waals surface area contributed by atoms with Crippen LogP contribution in [0.4, 0.5) is 0 Å². The number of allylic oxidation sites excluding steroid dienone is 2. The first-order valence-electron chi connectivity index (χ1n) is 5.58. The van der Waals surface area contributed by atoms with Crippen molar-refractivity contribution in [2.24, 2.45) is 11.3 Å². The third-order valence-electron chi connectivity index (χ3n) is 2.62. The topological polar surface area (TPSA) is 60.7 Å². The fourth-order valence-electron chi connectivity index (χ4n) is 1.26. The molecule has 3 N–H and O–H groups in total. The van der Waals surface area contributed by atoms with Gasteiger partial charge in [-0.1, -0.05) is 26.0 Å². The molecule has 0 bridgehead atoms. The zero-order chi connectivity index (χ0) is 11.7. The van der Waals surface area contributed by atoms with Crippen molar-refractivity contribution in [2.45, 2.75) is 33.1 Å². The molecule has 0 aromatic carbocycles. The highest BCUT2D eigenvalue weighted by atomic mass is 16.3. The van der Waals surface area contributed by atoms with E-state index >= 15 is 0 Å². The Balaban J connectivity index is 3.85. The molecule has 0 heterocycles. The van der Waals surface area contributed by atoms with Crippen LogP contribution in [-0.2, 0) is 0 Å². The van der Waals surface area contributed by atoms with Gasteiger partial charge in [0.1, 0.15) is 0 Å². The molecule has 0 aliphatic rings.